The first kappa shape index (κ1) is 23.7. The SMILES string of the molecule is CC1CCc2cc(F)ccc2N1C(=O)Nc1ccc(-c2ccc(C(=O)C3CCC3C(=O)O)cc2)cc1. The zero-order chi connectivity index (χ0) is 25.4. The maximum atomic E-state index is 13.6. The van der Waals surface area contributed by atoms with Crippen LogP contribution in [0.15, 0.2) is 66.7 Å². The monoisotopic (exact) mass is 486 g/mol. The molecule has 2 aliphatic rings. The Morgan fingerprint density at radius 3 is 2.14 bits per heavy atom. The molecule has 1 aliphatic heterocycles. The lowest BCUT2D eigenvalue weighted by Gasteiger charge is -2.35. The van der Waals surface area contributed by atoms with Gasteiger partial charge < -0.3 is 10.4 Å². The lowest BCUT2D eigenvalue weighted by Crippen LogP contribution is -2.44. The zero-order valence-corrected chi connectivity index (χ0v) is 19.9. The lowest BCUT2D eigenvalue weighted by atomic mass is 9.70. The molecule has 1 saturated carbocycles. The Morgan fingerprint density at radius 2 is 1.53 bits per heavy atom. The minimum Gasteiger partial charge on any atom is -0.481 e. The molecule has 2 N–H and O–H groups in total. The van der Waals surface area contributed by atoms with Crippen molar-refractivity contribution < 1.29 is 23.9 Å². The number of hydrogen-bond donors (Lipinski definition) is 2. The van der Waals surface area contributed by atoms with Crippen molar-refractivity contribution in [3.63, 3.8) is 0 Å². The summed E-state index contributed by atoms with van der Waals surface area (Å²) in [6, 6.07) is 18.8. The van der Waals surface area contributed by atoms with E-state index in [9.17, 15) is 23.9 Å². The molecular formula is C29H27FN2O4. The number of nitrogens with one attached hydrogen (secondary N) is 1. The molecule has 0 aromatic heterocycles. The van der Waals surface area contributed by atoms with Crippen LogP contribution < -0.4 is 10.2 Å². The van der Waals surface area contributed by atoms with Crippen LogP contribution in [0.1, 0.15) is 42.1 Å². The highest BCUT2D eigenvalue weighted by Crippen LogP contribution is 2.37. The van der Waals surface area contributed by atoms with E-state index in [4.69, 9.17) is 0 Å². The first-order chi connectivity index (χ1) is 17.3. The average Bonchev–Trinajstić information content (AvgIpc) is 2.83. The molecule has 6 nitrogen and oxygen atoms in total. The van der Waals surface area contributed by atoms with Crippen LogP contribution in [0.2, 0.25) is 0 Å². The van der Waals surface area contributed by atoms with E-state index in [2.05, 4.69) is 5.32 Å². The molecule has 0 bridgehead atoms. The fraction of sp³-hybridized carbons (Fsp3) is 0.276. The van der Waals surface area contributed by atoms with Crippen molar-refractivity contribution in [2.45, 2.75) is 38.6 Å². The number of urea groups is 1. The highest BCUT2D eigenvalue weighted by atomic mass is 19.1. The van der Waals surface area contributed by atoms with Gasteiger partial charge in [-0.25, -0.2) is 9.18 Å². The number of Topliss-reactive ketones (excluding diaryl/α,β-unsaturated/α-hetero) is 1. The van der Waals surface area contributed by atoms with Crippen molar-refractivity contribution in [3.05, 3.63) is 83.7 Å². The molecule has 1 aliphatic carbocycles. The number of nitrogens with zero attached hydrogens (tertiary/aromatic N) is 1. The number of fused-ring (bicyclic) bond motifs is 1. The van der Waals surface area contributed by atoms with Crippen molar-refractivity contribution in [2.24, 2.45) is 11.8 Å². The van der Waals surface area contributed by atoms with E-state index in [1.807, 2.05) is 43.3 Å². The van der Waals surface area contributed by atoms with Gasteiger partial charge in [0.2, 0.25) is 0 Å². The number of halogens is 1. The van der Waals surface area contributed by atoms with E-state index in [0.717, 1.165) is 35.2 Å². The van der Waals surface area contributed by atoms with Crippen LogP contribution in [-0.4, -0.2) is 28.9 Å². The summed E-state index contributed by atoms with van der Waals surface area (Å²) in [4.78, 5) is 38.7. The minimum atomic E-state index is -0.906. The topological polar surface area (TPSA) is 86.7 Å². The summed E-state index contributed by atoms with van der Waals surface area (Å²) in [5.41, 5.74) is 4.56. The molecule has 3 aromatic carbocycles. The molecule has 7 heteroatoms. The minimum absolute atomic E-state index is 0.00540. The summed E-state index contributed by atoms with van der Waals surface area (Å²) < 4.78 is 13.6. The molecule has 3 unspecified atom stereocenters. The van der Waals surface area contributed by atoms with Crippen LogP contribution >= 0.6 is 0 Å². The van der Waals surface area contributed by atoms with Crippen LogP contribution in [-0.2, 0) is 11.2 Å². The summed E-state index contributed by atoms with van der Waals surface area (Å²) in [5.74, 6) is -2.35. The summed E-state index contributed by atoms with van der Waals surface area (Å²) in [6.07, 6.45) is 2.66. The summed E-state index contributed by atoms with van der Waals surface area (Å²) in [5, 5.41) is 12.2. The van der Waals surface area contributed by atoms with Crippen LogP contribution in [0.4, 0.5) is 20.6 Å². The van der Waals surface area contributed by atoms with Gasteiger partial charge in [-0.2, -0.15) is 0 Å². The number of carbonyl (C=O) groups is 3. The number of carbonyl (C=O) groups excluding carboxylic acids is 2. The number of ketones is 1. The quantitative estimate of drug-likeness (QED) is 0.423. The molecule has 5 rings (SSSR count). The number of benzene rings is 3. The van der Waals surface area contributed by atoms with Gasteiger partial charge in [0.15, 0.2) is 5.78 Å². The van der Waals surface area contributed by atoms with Gasteiger partial charge in [-0.05, 0) is 79.6 Å². The molecule has 0 spiro atoms. The number of aryl methyl sites for hydroxylation is 1. The second-order valence-electron chi connectivity index (χ2n) is 9.61. The van der Waals surface area contributed by atoms with Crippen LogP contribution in [0.5, 0.6) is 0 Å². The molecule has 0 saturated heterocycles. The van der Waals surface area contributed by atoms with E-state index in [1.54, 1.807) is 23.1 Å². The Hall–Kier alpha value is -4.00. The van der Waals surface area contributed by atoms with E-state index in [1.165, 1.54) is 12.1 Å². The first-order valence-corrected chi connectivity index (χ1v) is 12.2. The third-order valence-corrected chi connectivity index (χ3v) is 7.36. The smallest absolute Gasteiger partial charge is 0.326 e. The molecule has 0 radical (unpaired) electrons. The summed E-state index contributed by atoms with van der Waals surface area (Å²) in [6.45, 7) is 1.98. The van der Waals surface area contributed by atoms with E-state index >= 15 is 0 Å². The normalized spacial score (nSPS) is 20.7. The van der Waals surface area contributed by atoms with Gasteiger partial charge >= 0.3 is 12.0 Å². The first-order valence-electron chi connectivity index (χ1n) is 12.2. The van der Waals surface area contributed by atoms with E-state index < -0.39 is 17.8 Å². The molecule has 36 heavy (non-hydrogen) atoms. The standard InChI is InChI=1S/C29H27FN2O4/c1-17-2-3-21-16-22(30)10-15-26(21)32(17)29(36)31-23-11-8-19(9-12-23)18-4-6-20(7-5-18)27(33)24-13-14-25(24)28(34)35/h4-12,15-17,24-25H,2-3,13-14H2,1H3,(H,31,36)(H,34,35). The second-order valence-corrected chi connectivity index (χ2v) is 9.61. The second kappa shape index (κ2) is 9.57. The maximum absolute atomic E-state index is 13.6. The van der Waals surface area contributed by atoms with Gasteiger partial charge in [0, 0.05) is 28.9 Å². The molecule has 1 heterocycles. The maximum Gasteiger partial charge on any atom is 0.326 e. The van der Waals surface area contributed by atoms with Gasteiger partial charge in [0.1, 0.15) is 5.82 Å². The predicted molar refractivity (Wildman–Crippen MR) is 136 cm³/mol. The number of amides is 2. The van der Waals surface area contributed by atoms with Gasteiger partial charge in [0.05, 0.1) is 5.92 Å². The number of carboxylic acid groups (broad SMARTS) is 1. The van der Waals surface area contributed by atoms with Crippen molar-refractivity contribution in [1.82, 2.24) is 0 Å². The van der Waals surface area contributed by atoms with Crippen LogP contribution in [0, 0.1) is 17.7 Å². The van der Waals surface area contributed by atoms with E-state index in [0.29, 0.717) is 24.1 Å². The Labute approximate surface area is 208 Å². The Balaban J connectivity index is 1.26. The Kier molecular flexibility index (Phi) is 6.31. The highest BCUT2D eigenvalue weighted by Gasteiger charge is 2.41. The highest BCUT2D eigenvalue weighted by molar-refractivity contribution is 6.03. The van der Waals surface area contributed by atoms with Crippen molar-refractivity contribution in [2.75, 3.05) is 10.2 Å². The fourth-order valence-corrected chi connectivity index (χ4v) is 5.11. The Bertz CT molecular complexity index is 1320. The number of anilines is 2. The summed E-state index contributed by atoms with van der Waals surface area (Å²) >= 11 is 0. The van der Waals surface area contributed by atoms with E-state index in [-0.39, 0.29) is 23.7 Å². The number of carboxylic acids is 1. The zero-order valence-electron chi connectivity index (χ0n) is 19.9. The van der Waals surface area contributed by atoms with Crippen molar-refractivity contribution in [3.8, 4) is 11.1 Å². The molecule has 184 valence electrons. The van der Waals surface area contributed by atoms with Crippen LogP contribution in [0.25, 0.3) is 11.1 Å². The molecule has 3 aromatic rings. The number of rotatable bonds is 5. The third kappa shape index (κ3) is 4.49. The van der Waals surface area contributed by atoms with Crippen LogP contribution in [0.3, 0.4) is 0 Å². The molecule has 1 fully saturated rings. The van der Waals surface area contributed by atoms with Gasteiger partial charge in [-0.3, -0.25) is 14.5 Å². The third-order valence-electron chi connectivity index (χ3n) is 7.36. The number of hydrogen-bond acceptors (Lipinski definition) is 3. The lowest BCUT2D eigenvalue weighted by molar-refractivity contribution is -0.146. The van der Waals surface area contributed by atoms with Gasteiger partial charge in [-0.1, -0.05) is 36.4 Å². The van der Waals surface area contributed by atoms with Crippen molar-refractivity contribution in [1.29, 1.82) is 0 Å². The number of aliphatic carboxylic acids is 1. The van der Waals surface area contributed by atoms with Gasteiger partial charge in [0.25, 0.3) is 0 Å². The largest absolute Gasteiger partial charge is 0.481 e. The summed E-state index contributed by atoms with van der Waals surface area (Å²) in [7, 11) is 0. The Morgan fingerprint density at radius 1 is 0.889 bits per heavy atom. The molecule has 2 amide bonds. The molecule has 3 atom stereocenters. The van der Waals surface area contributed by atoms with Crippen molar-refractivity contribution >= 4 is 29.2 Å². The van der Waals surface area contributed by atoms with Gasteiger partial charge in [-0.15, -0.1) is 0 Å². The predicted octanol–water partition coefficient (Wildman–Crippen LogP) is 6.16. The fourth-order valence-electron chi connectivity index (χ4n) is 5.11. The average molecular weight is 487 g/mol. The molecular weight excluding hydrogens is 459 g/mol.